The van der Waals surface area contributed by atoms with Gasteiger partial charge in [-0.1, -0.05) is 17.7 Å². The number of hydrogen-bond acceptors (Lipinski definition) is 3. The lowest BCUT2D eigenvalue weighted by molar-refractivity contribution is -0.114. The van der Waals surface area contributed by atoms with Gasteiger partial charge < -0.3 is 0 Å². The number of nitrogens with zero attached hydrogens (tertiary/aromatic N) is 1. The predicted molar refractivity (Wildman–Crippen MR) is 79.0 cm³/mol. The van der Waals surface area contributed by atoms with Gasteiger partial charge in [0.25, 0.3) is 11.7 Å². The molecule has 19 heavy (non-hydrogen) atoms. The first kappa shape index (κ1) is 12.8. The fraction of sp³-hybridized carbons (Fsp3) is 0.0769. The largest absolute Gasteiger partial charge is 0.299 e. The van der Waals surface area contributed by atoms with Crippen LogP contribution in [0.25, 0.3) is 0 Å². The van der Waals surface area contributed by atoms with Gasteiger partial charge in [0, 0.05) is 9.35 Å². The number of anilines is 1. The maximum atomic E-state index is 12.1. The van der Waals surface area contributed by atoms with Crippen LogP contribution in [0.4, 0.5) is 5.69 Å². The molecule has 0 atom stereocenters. The highest BCUT2D eigenvalue weighted by atomic mass is 79.9. The molecule has 2 aromatic rings. The minimum atomic E-state index is -0.508. The molecule has 2 heterocycles. The molecule has 0 bridgehead atoms. The molecular formula is C13H7BrClNO2S. The van der Waals surface area contributed by atoms with Crippen molar-refractivity contribution in [3.8, 4) is 0 Å². The van der Waals surface area contributed by atoms with Gasteiger partial charge in [0.2, 0.25) is 0 Å². The van der Waals surface area contributed by atoms with Gasteiger partial charge in [-0.3, -0.25) is 14.5 Å². The summed E-state index contributed by atoms with van der Waals surface area (Å²) in [6.45, 7) is 0.316. The smallest absolute Gasteiger partial charge is 0.298 e. The number of rotatable bonds is 2. The summed E-state index contributed by atoms with van der Waals surface area (Å²) >= 11 is 10.9. The van der Waals surface area contributed by atoms with Crippen molar-refractivity contribution in [3.05, 3.63) is 49.6 Å². The van der Waals surface area contributed by atoms with Crippen molar-refractivity contribution in [2.45, 2.75) is 6.54 Å². The zero-order chi connectivity index (χ0) is 13.6. The highest BCUT2D eigenvalue weighted by molar-refractivity contribution is 9.10. The zero-order valence-corrected chi connectivity index (χ0v) is 12.7. The highest BCUT2D eigenvalue weighted by Crippen LogP contribution is 2.38. The maximum absolute atomic E-state index is 12.1. The van der Waals surface area contributed by atoms with E-state index in [4.69, 9.17) is 11.6 Å². The third-order valence-electron chi connectivity index (χ3n) is 2.93. The minimum absolute atomic E-state index is 0.316. The van der Waals surface area contributed by atoms with E-state index < -0.39 is 11.7 Å². The third-order valence-corrected chi connectivity index (χ3v) is 4.95. The summed E-state index contributed by atoms with van der Waals surface area (Å²) in [5.41, 5.74) is 1.06. The van der Waals surface area contributed by atoms with Crippen molar-refractivity contribution in [1.29, 1.82) is 0 Å². The summed E-state index contributed by atoms with van der Waals surface area (Å²) in [6, 6.07) is 7.00. The van der Waals surface area contributed by atoms with Gasteiger partial charge in [-0.25, -0.2) is 0 Å². The Morgan fingerprint density at radius 2 is 2.05 bits per heavy atom. The van der Waals surface area contributed by atoms with Gasteiger partial charge >= 0.3 is 0 Å². The first-order chi connectivity index (χ1) is 9.09. The summed E-state index contributed by atoms with van der Waals surface area (Å²) < 4.78 is 0.733. The number of carbonyl (C=O) groups excluding carboxylic acids is 2. The molecule has 0 radical (unpaired) electrons. The normalized spacial score (nSPS) is 14.1. The molecule has 1 amide bonds. The first-order valence-corrected chi connectivity index (χ1v) is 7.51. The summed E-state index contributed by atoms with van der Waals surface area (Å²) in [7, 11) is 0. The number of ketones is 1. The van der Waals surface area contributed by atoms with Gasteiger partial charge in [0.05, 0.1) is 22.8 Å². The van der Waals surface area contributed by atoms with Crippen LogP contribution in [-0.4, -0.2) is 11.7 Å². The Kier molecular flexibility index (Phi) is 3.20. The average molecular weight is 357 g/mol. The molecule has 1 aromatic carbocycles. The van der Waals surface area contributed by atoms with E-state index >= 15 is 0 Å². The van der Waals surface area contributed by atoms with Crippen LogP contribution in [0, 0.1) is 0 Å². The van der Waals surface area contributed by atoms with Crippen LogP contribution in [0.2, 0.25) is 5.02 Å². The molecule has 1 aliphatic heterocycles. The average Bonchev–Trinajstić information content (AvgIpc) is 2.89. The summed E-state index contributed by atoms with van der Waals surface area (Å²) in [4.78, 5) is 26.3. The topological polar surface area (TPSA) is 37.4 Å². The van der Waals surface area contributed by atoms with Crippen LogP contribution in [0.15, 0.2) is 34.1 Å². The van der Waals surface area contributed by atoms with Gasteiger partial charge in [0.1, 0.15) is 0 Å². The Hall–Kier alpha value is -1.17. The molecule has 0 saturated heterocycles. The SMILES string of the molecule is O=C1C(=O)N(Cc2sccc2Cl)c2c(Br)cccc21. The van der Waals surface area contributed by atoms with Crippen molar-refractivity contribution in [3.63, 3.8) is 0 Å². The van der Waals surface area contributed by atoms with Crippen molar-refractivity contribution in [2.75, 3.05) is 4.90 Å². The van der Waals surface area contributed by atoms with E-state index in [-0.39, 0.29) is 0 Å². The van der Waals surface area contributed by atoms with Crippen LogP contribution in [0.5, 0.6) is 0 Å². The zero-order valence-electron chi connectivity index (χ0n) is 9.52. The van der Waals surface area contributed by atoms with E-state index in [0.29, 0.717) is 22.8 Å². The van der Waals surface area contributed by atoms with Gasteiger partial charge in [-0.05, 0) is 39.5 Å². The molecule has 1 aromatic heterocycles. The first-order valence-electron chi connectivity index (χ1n) is 5.46. The Morgan fingerprint density at radius 1 is 1.26 bits per heavy atom. The van der Waals surface area contributed by atoms with Gasteiger partial charge in [0.15, 0.2) is 0 Å². The molecular weight excluding hydrogens is 350 g/mol. The molecule has 3 rings (SSSR count). The Morgan fingerprint density at radius 3 is 2.74 bits per heavy atom. The van der Waals surface area contributed by atoms with Gasteiger partial charge in [-0.15, -0.1) is 11.3 Å². The van der Waals surface area contributed by atoms with Crippen LogP contribution in [-0.2, 0) is 11.3 Å². The second kappa shape index (κ2) is 4.74. The Balaban J connectivity index is 2.07. The monoisotopic (exact) mass is 355 g/mol. The van der Waals surface area contributed by atoms with Crippen LogP contribution in [0.3, 0.4) is 0 Å². The molecule has 96 valence electrons. The molecule has 1 aliphatic rings. The van der Waals surface area contributed by atoms with E-state index in [0.717, 1.165) is 9.35 Å². The number of amides is 1. The lowest BCUT2D eigenvalue weighted by atomic mass is 10.1. The summed E-state index contributed by atoms with van der Waals surface area (Å²) in [5.74, 6) is -0.977. The Bertz CT molecular complexity index is 698. The molecule has 0 aliphatic carbocycles. The molecule has 3 nitrogen and oxygen atoms in total. The fourth-order valence-electron chi connectivity index (χ4n) is 2.04. The molecule has 0 unspecified atom stereocenters. The quantitative estimate of drug-likeness (QED) is 0.766. The van der Waals surface area contributed by atoms with E-state index in [1.54, 1.807) is 18.2 Å². The van der Waals surface area contributed by atoms with E-state index in [2.05, 4.69) is 15.9 Å². The maximum Gasteiger partial charge on any atom is 0.299 e. The minimum Gasteiger partial charge on any atom is -0.298 e. The lowest BCUT2D eigenvalue weighted by Gasteiger charge is -2.17. The second-order valence-electron chi connectivity index (χ2n) is 4.05. The highest BCUT2D eigenvalue weighted by Gasteiger charge is 2.37. The number of carbonyl (C=O) groups is 2. The van der Waals surface area contributed by atoms with Crippen LogP contribution in [0.1, 0.15) is 15.2 Å². The summed E-state index contributed by atoms with van der Waals surface area (Å²) in [6.07, 6.45) is 0. The lowest BCUT2D eigenvalue weighted by Crippen LogP contribution is -2.29. The van der Waals surface area contributed by atoms with E-state index in [1.165, 1.54) is 16.2 Å². The van der Waals surface area contributed by atoms with Crippen LogP contribution >= 0.6 is 38.9 Å². The number of thiophene rings is 1. The standard InChI is InChI=1S/C13H7BrClNO2S/c14-8-3-1-2-7-11(8)16(13(18)12(7)17)6-10-9(15)4-5-19-10/h1-5H,6H2. The van der Waals surface area contributed by atoms with Gasteiger partial charge in [-0.2, -0.15) is 0 Å². The van der Waals surface area contributed by atoms with E-state index in [1.807, 2.05) is 11.4 Å². The molecule has 0 saturated carbocycles. The third kappa shape index (κ3) is 2.02. The summed E-state index contributed by atoms with van der Waals surface area (Å²) in [5, 5.41) is 2.48. The number of para-hydroxylation sites is 1. The second-order valence-corrected chi connectivity index (χ2v) is 6.31. The number of hydrogen-bond donors (Lipinski definition) is 0. The number of benzene rings is 1. The Labute approximate surface area is 126 Å². The number of halogens is 2. The van der Waals surface area contributed by atoms with Crippen LogP contribution < -0.4 is 4.90 Å². The van der Waals surface area contributed by atoms with E-state index in [9.17, 15) is 9.59 Å². The molecule has 6 heteroatoms. The van der Waals surface area contributed by atoms with Crippen molar-refractivity contribution < 1.29 is 9.59 Å². The number of fused-ring (bicyclic) bond motifs is 1. The van der Waals surface area contributed by atoms with Crippen molar-refractivity contribution >= 4 is 56.2 Å². The van der Waals surface area contributed by atoms with Crippen molar-refractivity contribution in [1.82, 2.24) is 0 Å². The molecule has 0 N–H and O–H groups in total. The molecule has 0 fully saturated rings. The predicted octanol–water partition coefficient (Wildman–Crippen LogP) is 3.89. The molecule has 0 spiro atoms. The van der Waals surface area contributed by atoms with Crippen molar-refractivity contribution in [2.24, 2.45) is 0 Å². The fourth-order valence-corrected chi connectivity index (χ4v) is 3.71. The number of Topliss-reactive ketones (excluding diaryl/α,β-unsaturated/α-hetero) is 1.